The lowest BCUT2D eigenvalue weighted by Gasteiger charge is -2.38. The Hall–Kier alpha value is -2.14. The Kier molecular flexibility index (Phi) is 4.57. The molecule has 2 heterocycles. The Morgan fingerprint density at radius 2 is 1.54 bits per heavy atom. The van der Waals surface area contributed by atoms with E-state index in [1.54, 1.807) is 0 Å². The second-order valence-corrected chi connectivity index (χ2v) is 7.29. The molecule has 2 aliphatic heterocycles. The topological polar surface area (TPSA) is 20.3 Å². The van der Waals surface area contributed by atoms with Gasteiger partial charge in [0.25, 0.3) is 0 Å². The second kappa shape index (κ2) is 6.88. The molecular weight excluding hydrogens is 339 g/mol. The van der Waals surface area contributed by atoms with E-state index in [9.17, 15) is 18.0 Å². The molecule has 0 aromatic heterocycles. The first-order chi connectivity index (χ1) is 12.5. The highest BCUT2D eigenvalue weighted by molar-refractivity contribution is 5.98. The van der Waals surface area contributed by atoms with Crippen LogP contribution >= 0.6 is 0 Å². The van der Waals surface area contributed by atoms with Gasteiger partial charge in [-0.3, -0.25) is 9.69 Å². The van der Waals surface area contributed by atoms with Crippen molar-refractivity contribution in [2.24, 2.45) is 5.92 Å². The molecule has 0 amide bonds. The third-order valence-electron chi connectivity index (χ3n) is 5.75. The van der Waals surface area contributed by atoms with Crippen LogP contribution in [0.1, 0.15) is 41.6 Å². The highest BCUT2D eigenvalue weighted by Gasteiger charge is 2.43. The molecule has 0 saturated carbocycles. The first-order valence-electron chi connectivity index (χ1n) is 9.02. The number of fused-ring (bicyclic) bond motifs is 2. The van der Waals surface area contributed by atoms with Crippen molar-refractivity contribution >= 4 is 5.78 Å². The van der Waals surface area contributed by atoms with Crippen LogP contribution in [-0.4, -0.2) is 22.8 Å². The summed E-state index contributed by atoms with van der Waals surface area (Å²) >= 11 is 0. The van der Waals surface area contributed by atoms with Gasteiger partial charge in [-0.25, -0.2) is 13.2 Å². The van der Waals surface area contributed by atoms with E-state index in [2.05, 4.69) is 17.0 Å². The van der Waals surface area contributed by atoms with E-state index in [4.69, 9.17) is 0 Å². The van der Waals surface area contributed by atoms with Crippen molar-refractivity contribution in [1.29, 1.82) is 0 Å². The van der Waals surface area contributed by atoms with Gasteiger partial charge in [0.15, 0.2) is 17.4 Å². The van der Waals surface area contributed by atoms with E-state index in [0.29, 0.717) is 18.9 Å². The molecule has 2 unspecified atom stereocenters. The van der Waals surface area contributed by atoms with Crippen LogP contribution in [0.5, 0.6) is 0 Å². The molecule has 2 saturated heterocycles. The van der Waals surface area contributed by atoms with Crippen molar-refractivity contribution < 1.29 is 18.0 Å². The summed E-state index contributed by atoms with van der Waals surface area (Å²) in [6, 6.07) is 12.1. The van der Waals surface area contributed by atoms with Crippen LogP contribution in [0.15, 0.2) is 42.5 Å². The van der Waals surface area contributed by atoms with E-state index in [-0.39, 0.29) is 12.1 Å². The minimum atomic E-state index is -1.37. The Morgan fingerprint density at radius 1 is 0.923 bits per heavy atom. The number of ketones is 1. The number of Topliss-reactive ketones (excluding diaryl/α,β-unsaturated/α-hetero) is 1. The van der Waals surface area contributed by atoms with E-state index >= 15 is 0 Å². The largest absolute Gasteiger partial charge is 0.294 e. The Labute approximate surface area is 150 Å². The predicted octanol–water partition coefficient (Wildman–Crippen LogP) is 4.73. The molecule has 4 rings (SSSR count). The van der Waals surface area contributed by atoms with Gasteiger partial charge in [-0.2, -0.15) is 0 Å². The molecule has 0 radical (unpaired) electrons. The maximum atomic E-state index is 14.0. The van der Waals surface area contributed by atoms with Crippen LogP contribution in [0.4, 0.5) is 13.2 Å². The molecule has 0 aliphatic carbocycles. The fraction of sp³-hybridized carbons (Fsp3) is 0.381. The third-order valence-corrected chi connectivity index (χ3v) is 5.75. The summed E-state index contributed by atoms with van der Waals surface area (Å²) in [7, 11) is 0. The Morgan fingerprint density at radius 3 is 2.19 bits per heavy atom. The van der Waals surface area contributed by atoms with Crippen molar-refractivity contribution in [2.75, 3.05) is 0 Å². The zero-order chi connectivity index (χ0) is 18.3. The monoisotopic (exact) mass is 359 g/mol. The maximum absolute atomic E-state index is 14.0. The average Bonchev–Trinajstić information content (AvgIpc) is 2.87. The van der Waals surface area contributed by atoms with E-state index < -0.39 is 34.7 Å². The van der Waals surface area contributed by atoms with Crippen LogP contribution in [0.3, 0.4) is 0 Å². The standard InChI is InChI=1S/C21H20F3NO/c22-17-8-9-18(23)20(24)19(17)21(26)14-10-15-6-7-16(11-14)25(15)12-13-4-2-1-3-5-13/h1-5,8-9,14-16H,6-7,10-12H2. The summed E-state index contributed by atoms with van der Waals surface area (Å²) in [5, 5.41) is 0. The number of carbonyl (C=O) groups is 1. The lowest BCUT2D eigenvalue weighted by atomic mass is 9.84. The van der Waals surface area contributed by atoms with Gasteiger partial charge in [-0.1, -0.05) is 30.3 Å². The number of nitrogens with zero attached hydrogens (tertiary/aromatic N) is 1. The highest BCUT2D eigenvalue weighted by Crippen LogP contribution is 2.41. The van der Waals surface area contributed by atoms with Crippen molar-refractivity contribution in [2.45, 2.75) is 44.3 Å². The maximum Gasteiger partial charge on any atom is 0.172 e. The van der Waals surface area contributed by atoms with E-state index in [1.165, 1.54) is 5.56 Å². The first-order valence-corrected chi connectivity index (χ1v) is 9.02. The fourth-order valence-electron chi connectivity index (χ4n) is 4.50. The molecule has 26 heavy (non-hydrogen) atoms. The van der Waals surface area contributed by atoms with Crippen LogP contribution < -0.4 is 0 Å². The summed E-state index contributed by atoms with van der Waals surface area (Å²) in [4.78, 5) is 15.1. The Bertz CT molecular complexity index is 810. The number of rotatable bonds is 4. The smallest absolute Gasteiger partial charge is 0.172 e. The molecule has 2 aliphatic rings. The van der Waals surface area contributed by atoms with Gasteiger partial charge in [0.1, 0.15) is 5.82 Å². The fourth-order valence-corrected chi connectivity index (χ4v) is 4.50. The van der Waals surface area contributed by atoms with Gasteiger partial charge < -0.3 is 0 Å². The van der Waals surface area contributed by atoms with Gasteiger partial charge in [0.2, 0.25) is 0 Å². The summed E-state index contributed by atoms with van der Waals surface area (Å²) in [5.74, 6) is -4.58. The lowest BCUT2D eigenvalue weighted by Crippen LogP contribution is -2.44. The third kappa shape index (κ3) is 3.05. The summed E-state index contributed by atoms with van der Waals surface area (Å²) in [6.45, 7) is 0.819. The van der Waals surface area contributed by atoms with Gasteiger partial charge in [0, 0.05) is 24.5 Å². The molecule has 2 atom stereocenters. The molecule has 136 valence electrons. The minimum Gasteiger partial charge on any atom is -0.294 e. The van der Waals surface area contributed by atoms with Crippen molar-refractivity contribution in [3.8, 4) is 0 Å². The number of hydrogen-bond acceptors (Lipinski definition) is 2. The molecule has 2 aromatic carbocycles. The van der Waals surface area contributed by atoms with Crippen LogP contribution in [-0.2, 0) is 6.54 Å². The van der Waals surface area contributed by atoms with Crippen LogP contribution in [0, 0.1) is 23.4 Å². The van der Waals surface area contributed by atoms with Crippen LogP contribution in [0.2, 0.25) is 0 Å². The van der Waals surface area contributed by atoms with Crippen molar-refractivity contribution in [3.05, 3.63) is 71.0 Å². The molecule has 2 nitrogen and oxygen atoms in total. The van der Waals surface area contributed by atoms with Gasteiger partial charge in [-0.05, 0) is 43.4 Å². The molecule has 2 aromatic rings. The average molecular weight is 359 g/mol. The highest BCUT2D eigenvalue weighted by atomic mass is 19.2. The number of hydrogen-bond donors (Lipinski definition) is 0. The van der Waals surface area contributed by atoms with Crippen LogP contribution in [0.25, 0.3) is 0 Å². The second-order valence-electron chi connectivity index (χ2n) is 7.29. The molecule has 0 spiro atoms. The minimum absolute atomic E-state index is 0.225. The normalized spacial score (nSPS) is 25.4. The quantitative estimate of drug-likeness (QED) is 0.581. The Balaban J connectivity index is 1.52. The molecular formula is C21H20F3NO. The van der Waals surface area contributed by atoms with Crippen molar-refractivity contribution in [1.82, 2.24) is 4.90 Å². The van der Waals surface area contributed by atoms with Gasteiger partial charge in [-0.15, -0.1) is 0 Å². The van der Waals surface area contributed by atoms with E-state index in [0.717, 1.165) is 25.5 Å². The first kappa shape index (κ1) is 17.3. The summed E-state index contributed by atoms with van der Waals surface area (Å²) in [5.41, 5.74) is 0.502. The SMILES string of the molecule is O=C(c1c(F)ccc(F)c1F)C1CC2CCC(C1)N2Cc1ccccc1. The molecule has 0 N–H and O–H groups in total. The lowest BCUT2D eigenvalue weighted by molar-refractivity contribution is 0.0670. The van der Waals surface area contributed by atoms with Crippen molar-refractivity contribution in [3.63, 3.8) is 0 Å². The summed E-state index contributed by atoms with van der Waals surface area (Å²) < 4.78 is 41.4. The summed E-state index contributed by atoms with van der Waals surface area (Å²) in [6.07, 6.45) is 3.10. The predicted molar refractivity (Wildman–Crippen MR) is 92.2 cm³/mol. The number of piperidine rings is 1. The zero-order valence-electron chi connectivity index (χ0n) is 14.3. The molecule has 2 fully saturated rings. The number of benzene rings is 2. The number of carbonyl (C=O) groups excluding carboxylic acids is 1. The van der Waals surface area contributed by atoms with Gasteiger partial charge >= 0.3 is 0 Å². The molecule has 2 bridgehead atoms. The van der Waals surface area contributed by atoms with E-state index in [1.807, 2.05) is 18.2 Å². The number of halogens is 3. The zero-order valence-corrected chi connectivity index (χ0v) is 14.3. The molecule has 5 heteroatoms. The van der Waals surface area contributed by atoms with Gasteiger partial charge in [0.05, 0.1) is 5.56 Å².